The Morgan fingerprint density at radius 1 is 1.17 bits per heavy atom. The first kappa shape index (κ1) is 21.8. The van der Waals surface area contributed by atoms with Crippen LogP contribution in [0.1, 0.15) is 40.9 Å². The van der Waals surface area contributed by atoms with Crippen LogP contribution in [0.25, 0.3) is 0 Å². The largest absolute Gasteiger partial charge is 0.478 e. The van der Waals surface area contributed by atoms with Crippen molar-refractivity contribution in [2.24, 2.45) is 11.7 Å². The second-order valence-corrected chi connectivity index (χ2v) is 6.63. The van der Waals surface area contributed by atoms with Gasteiger partial charge in [0, 0.05) is 22.9 Å². The number of hydrogen-bond acceptors (Lipinski definition) is 3. The van der Waals surface area contributed by atoms with Gasteiger partial charge in [0.05, 0.1) is 0 Å². The topological polar surface area (TPSA) is 116 Å². The predicted molar refractivity (Wildman–Crippen MR) is 113 cm³/mol. The number of carboxylic acids is 1. The Bertz CT molecular complexity index is 930. The molecule has 0 aliphatic heterocycles. The third-order valence-corrected chi connectivity index (χ3v) is 4.70. The van der Waals surface area contributed by atoms with E-state index in [1.165, 1.54) is 17.2 Å². The average molecular weight is 401 g/mol. The number of benzene rings is 2. The number of fused-ring (bicyclic) bond motifs is 1. The third-order valence-electron chi connectivity index (χ3n) is 4.70. The van der Waals surface area contributed by atoms with Gasteiger partial charge in [0.2, 0.25) is 0 Å². The number of anilines is 1. The fraction of sp³-hybridized carbons (Fsp3) is 0.227. The molecule has 1 aliphatic carbocycles. The minimum atomic E-state index is -0.921. The zero-order valence-corrected chi connectivity index (χ0v) is 15.1. The molecule has 154 valence electrons. The maximum atomic E-state index is 12.4. The van der Waals surface area contributed by atoms with E-state index in [4.69, 9.17) is 21.0 Å². The van der Waals surface area contributed by atoms with Gasteiger partial charge in [-0.2, -0.15) is 0 Å². The molecule has 0 radical (unpaired) electrons. The summed E-state index contributed by atoms with van der Waals surface area (Å²) in [5.41, 5.74) is 9.59. The van der Waals surface area contributed by atoms with E-state index in [9.17, 15) is 9.59 Å². The fourth-order valence-electron chi connectivity index (χ4n) is 3.25. The van der Waals surface area contributed by atoms with E-state index >= 15 is 0 Å². The standard InChI is InChI=1S/C21H21N3O3.CH4.FH/c22-20(23)14-4-6-15(7-5-14)21(27)24-18-9-8-16-11-13(2-10-19(25)26)1-3-17(16)12-18;;/h2,4-10,12-13H,1,3,11H2,(H3,22,23)(H,24,27)(H,25,26);1H4;1H/b10-2+;;/i/hT. The average Bonchev–Trinajstić information content (AvgIpc) is 2.73. The molecule has 1 atom stereocenters. The number of allylic oxidation sites excluding steroid dienone is 1. The first-order valence-electron chi connectivity index (χ1n) is 9.09. The van der Waals surface area contributed by atoms with E-state index in [-0.39, 0.29) is 25.1 Å². The van der Waals surface area contributed by atoms with Crippen LogP contribution in [-0.4, -0.2) is 24.3 Å². The summed E-state index contributed by atoms with van der Waals surface area (Å²) in [6.07, 6.45) is 5.51. The lowest BCUT2D eigenvalue weighted by molar-refractivity contribution is -0.131. The van der Waals surface area contributed by atoms with Gasteiger partial charge in [-0.15, -0.1) is 0 Å². The predicted octanol–water partition coefficient (Wildman–Crippen LogP) is 3.76. The number of rotatable bonds is 5. The maximum absolute atomic E-state index is 12.4. The van der Waals surface area contributed by atoms with Crippen molar-refractivity contribution in [1.29, 1.82) is 6.86 Å². The van der Waals surface area contributed by atoms with Gasteiger partial charge in [0.15, 0.2) is 0 Å². The van der Waals surface area contributed by atoms with Gasteiger partial charge in [0.25, 0.3) is 7.36 Å². The lowest BCUT2D eigenvalue weighted by atomic mass is 9.83. The molecule has 2 aromatic carbocycles. The summed E-state index contributed by atoms with van der Waals surface area (Å²) >= 11 is 0. The van der Waals surface area contributed by atoms with Gasteiger partial charge < -0.3 is 16.2 Å². The van der Waals surface area contributed by atoms with E-state index < -0.39 is 5.97 Å². The van der Waals surface area contributed by atoms with Gasteiger partial charge in [0.1, 0.15) is 5.84 Å². The quantitative estimate of drug-likeness (QED) is 0.347. The summed E-state index contributed by atoms with van der Waals surface area (Å²) in [5.74, 6) is -0.944. The maximum Gasteiger partial charge on any atom is 0.327 e. The molecule has 1 amide bonds. The second kappa shape index (κ2) is 10.2. The second-order valence-electron chi connectivity index (χ2n) is 6.63. The highest BCUT2D eigenvalue weighted by atomic mass is 19.0. The van der Waals surface area contributed by atoms with Crippen molar-refractivity contribution in [2.75, 3.05) is 5.32 Å². The highest BCUT2D eigenvalue weighted by Gasteiger charge is 2.17. The zero-order chi connectivity index (χ0) is 21.4. The summed E-state index contributed by atoms with van der Waals surface area (Å²) in [6.45, 7) is 0. The molecule has 1 unspecified atom stereocenters. The van der Waals surface area contributed by atoms with Gasteiger partial charge in [-0.1, -0.05) is 31.7 Å². The Labute approximate surface area is 170 Å². The molecule has 0 fully saturated rings. The van der Waals surface area contributed by atoms with Crippen molar-refractivity contribution in [3.05, 3.63) is 76.9 Å². The van der Waals surface area contributed by atoms with Crippen molar-refractivity contribution in [3.8, 4) is 0 Å². The Morgan fingerprint density at radius 3 is 2.45 bits per heavy atom. The molecular formula is C22H26FN3O3. The Kier molecular flexibility index (Phi) is 7.65. The van der Waals surface area contributed by atoms with Crippen molar-refractivity contribution >= 4 is 23.4 Å². The Morgan fingerprint density at radius 2 is 1.83 bits per heavy atom. The molecule has 2 aromatic rings. The molecule has 7 heteroatoms. The number of carbonyl (C=O) groups excluding carboxylic acids is 1. The molecule has 6 nitrogen and oxygen atoms in total. The number of nitrogens with one attached hydrogen (secondary N) is 2. The third kappa shape index (κ3) is 6.00. The molecule has 1 aliphatic rings. The molecule has 0 saturated heterocycles. The number of hydrogen-bond donors (Lipinski definition) is 4. The fourth-order valence-corrected chi connectivity index (χ4v) is 3.25. The number of amidine groups is 1. The Hall–Kier alpha value is -3.48. The van der Waals surface area contributed by atoms with Gasteiger partial charge in [-0.05, 0) is 60.6 Å². The molecular weight excluding hydrogens is 373 g/mol. The minimum absolute atomic E-state index is 0. The summed E-state index contributed by atoms with van der Waals surface area (Å²) in [5, 5.41) is 19.0. The van der Waals surface area contributed by atoms with Crippen molar-refractivity contribution in [1.82, 2.24) is 0 Å². The van der Waals surface area contributed by atoms with Crippen molar-refractivity contribution in [2.45, 2.75) is 26.7 Å². The number of amides is 1. The van der Waals surface area contributed by atoms with Crippen LogP contribution in [0.2, 0.25) is 0 Å². The molecule has 0 spiro atoms. The number of nitrogens with two attached hydrogens (primary N) is 1. The molecule has 0 heterocycles. The van der Waals surface area contributed by atoms with Crippen LogP contribution >= 0.6 is 0 Å². The van der Waals surface area contributed by atoms with Crippen LogP contribution in [0.15, 0.2) is 54.6 Å². The minimum Gasteiger partial charge on any atom is -0.478 e. The van der Waals surface area contributed by atoms with Gasteiger partial charge in [-0.3, -0.25) is 14.9 Å². The van der Waals surface area contributed by atoms with E-state index in [1.807, 2.05) is 18.2 Å². The van der Waals surface area contributed by atoms with Gasteiger partial charge >= 0.3 is 5.97 Å². The first-order valence-corrected chi connectivity index (χ1v) is 8.71. The lowest BCUT2D eigenvalue weighted by Gasteiger charge is -2.22. The highest BCUT2D eigenvalue weighted by molar-refractivity contribution is 6.05. The zero-order valence-electron chi connectivity index (χ0n) is 16.1. The molecule has 5 N–H and O–H groups in total. The smallest absolute Gasteiger partial charge is 0.327 e. The number of halogens is 1. The summed E-state index contributed by atoms with van der Waals surface area (Å²) in [6, 6.07) is 12.4. The molecule has 29 heavy (non-hydrogen) atoms. The molecule has 3 rings (SSSR count). The van der Waals surface area contributed by atoms with Crippen LogP contribution in [0.5, 0.6) is 0 Å². The Balaban J connectivity index is 0.00000146. The summed E-state index contributed by atoms with van der Waals surface area (Å²) in [7, 11) is 0. The van der Waals surface area contributed by atoms with Crippen LogP contribution in [0.4, 0.5) is 10.4 Å². The van der Waals surface area contributed by atoms with Crippen LogP contribution in [-0.2, 0) is 17.6 Å². The summed E-state index contributed by atoms with van der Waals surface area (Å²) in [4.78, 5) is 23.1. The molecule has 0 bridgehead atoms. The van der Waals surface area contributed by atoms with Gasteiger partial charge in [-0.25, -0.2) is 4.79 Å². The summed E-state index contributed by atoms with van der Waals surface area (Å²) < 4.78 is 13.0. The van der Waals surface area contributed by atoms with E-state index in [0.29, 0.717) is 11.1 Å². The normalized spacial score (nSPS) is 15.1. The number of aryl methyl sites for hydroxylation is 1. The number of nitrogen functional groups attached to an aromatic ring is 1. The number of aliphatic carboxylic acids is 1. The van der Waals surface area contributed by atoms with E-state index in [0.717, 1.165) is 24.9 Å². The van der Waals surface area contributed by atoms with Crippen LogP contribution in [0, 0.1) is 11.3 Å². The van der Waals surface area contributed by atoms with Crippen molar-refractivity contribution in [3.63, 3.8) is 0 Å². The highest BCUT2D eigenvalue weighted by Crippen LogP contribution is 2.28. The molecule has 0 aromatic heterocycles. The monoisotopic (exact) mass is 401 g/mol. The SMILES string of the molecule is C.N=C(N)c1ccc(C(=O)Nc2ccc3c(c2)CCC(/C=C/C(=O)O)C3)cc1.[3H]F. The van der Waals surface area contributed by atoms with E-state index in [1.54, 1.807) is 30.3 Å². The number of carbonyl (C=O) groups is 2. The van der Waals surface area contributed by atoms with E-state index in [2.05, 4.69) is 6.77 Å². The lowest BCUT2D eigenvalue weighted by Crippen LogP contribution is -2.16. The van der Waals surface area contributed by atoms with Crippen LogP contribution in [0.3, 0.4) is 0 Å². The number of carboxylic acid groups (broad SMARTS) is 1. The first-order chi connectivity index (χ1) is 13.9. The molecule has 0 saturated carbocycles. The van der Waals surface area contributed by atoms with Crippen molar-refractivity contribution < 1.29 is 19.4 Å². The van der Waals surface area contributed by atoms with Crippen LogP contribution < -0.4 is 11.1 Å².